The van der Waals surface area contributed by atoms with E-state index in [4.69, 9.17) is 9.15 Å². The van der Waals surface area contributed by atoms with E-state index in [1.54, 1.807) is 38.4 Å². The summed E-state index contributed by atoms with van der Waals surface area (Å²) < 4.78 is 10.7. The lowest BCUT2D eigenvalue weighted by atomic mass is 10.1. The molecule has 7 heteroatoms. The summed E-state index contributed by atoms with van der Waals surface area (Å²) in [6.45, 7) is 7.71. The van der Waals surface area contributed by atoms with Crippen LogP contribution in [0.3, 0.4) is 0 Å². The van der Waals surface area contributed by atoms with E-state index in [2.05, 4.69) is 34.3 Å². The largest absolute Gasteiger partial charge is 0.497 e. The van der Waals surface area contributed by atoms with Crippen molar-refractivity contribution in [3.63, 3.8) is 0 Å². The zero-order chi connectivity index (χ0) is 20.1. The van der Waals surface area contributed by atoms with Crippen molar-refractivity contribution in [2.75, 3.05) is 30.5 Å². The molecule has 7 nitrogen and oxygen atoms in total. The Morgan fingerprint density at radius 2 is 2.00 bits per heavy atom. The number of fused-ring (bicyclic) bond motifs is 1. The first-order valence-corrected chi connectivity index (χ1v) is 9.19. The Labute approximate surface area is 163 Å². The van der Waals surface area contributed by atoms with Crippen molar-refractivity contribution in [1.29, 1.82) is 0 Å². The van der Waals surface area contributed by atoms with E-state index in [1.807, 2.05) is 18.2 Å². The Bertz CT molecular complexity index is 1050. The monoisotopic (exact) mass is 380 g/mol. The summed E-state index contributed by atoms with van der Waals surface area (Å²) in [5.41, 5.74) is 4.92. The highest BCUT2D eigenvalue weighted by Crippen LogP contribution is 2.22. The summed E-state index contributed by atoms with van der Waals surface area (Å²) in [5.74, 6) is 1.19. The predicted octanol–water partition coefficient (Wildman–Crippen LogP) is 3.88. The minimum absolute atomic E-state index is 0.401. The molecule has 0 unspecified atom stereocenters. The highest BCUT2D eigenvalue weighted by molar-refractivity contribution is 6.01. The fourth-order valence-electron chi connectivity index (χ4n) is 2.94. The highest BCUT2D eigenvalue weighted by atomic mass is 16.5. The van der Waals surface area contributed by atoms with Crippen LogP contribution in [0.1, 0.15) is 26.3 Å². The van der Waals surface area contributed by atoms with Crippen molar-refractivity contribution >= 4 is 28.2 Å². The first kappa shape index (κ1) is 19.4. The predicted molar refractivity (Wildman–Crippen MR) is 113 cm³/mol. The average Bonchev–Trinajstić information content (AvgIpc) is 2.72. The molecule has 28 heavy (non-hydrogen) atoms. The van der Waals surface area contributed by atoms with Crippen LogP contribution in [0, 0.1) is 0 Å². The second-order valence-corrected chi connectivity index (χ2v) is 6.23. The SMILES string of the molecule is CCN(CC)c1ccc2cc(/C(C)=N/Nc3cc(OC)ccn3)c(=O)oc2c1. The molecule has 3 aromatic rings. The summed E-state index contributed by atoms with van der Waals surface area (Å²) in [6, 6.07) is 11.1. The van der Waals surface area contributed by atoms with Crippen LogP contribution in [0.25, 0.3) is 11.0 Å². The number of anilines is 2. The molecule has 0 saturated carbocycles. The molecule has 2 heterocycles. The van der Waals surface area contributed by atoms with Crippen LogP contribution in [0.15, 0.2) is 56.9 Å². The number of aromatic nitrogens is 1. The first-order valence-electron chi connectivity index (χ1n) is 9.19. The Kier molecular flexibility index (Phi) is 5.93. The molecule has 0 amide bonds. The van der Waals surface area contributed by atoms with Crippen molar-refractivity contribution in [2.45, 2.75) is 20.8 Å². The van der Waals surface area contributed by atoms with Gasteiger partial charge in [-0.25, -0.2) is 9.78 Å². The Morgan fingerprint density at radius 1 is 1.21 bits per heavy atom. The lowest BCUT2D eigenvalue weighted by Crippen LogP contribution is -2.21. The number of hydrogen-bond donors (Lipinski definition) is 1. The van der Waals surface area contributed by atoms with Crippen molar-refractivity contribution < 1.29 is 9.15 Å². The molecule has 146 valence electrons. The van der Waals surface area contributed by atoms with Crippen LogP contribution < -0.4 is 20.7 Å². The molecule has 0 bridgehead atoms. The minimum Gasteiger partial charge on any atom is -0.497 e. The van der Waals surface area contributed by atoms with Crippen molar-refractivity contribution in [3.05, 3.63) is 58.6 Å². The van der Waals surface area contributed by atoms with E-state index in [9.17, 15) is 4.79 Å². The van der Waals surface area contributed by atoms with Crippen molar-refractivity contribution in [1.82, 2.24) is 4.98 Å². The molecule has 1 N–H and O–H groups in total. The molecule has 0 aliphatic rings. The fourth-order valence-corrected chi connectivity index (χ4v) is 2.94. The Morgan fingerprint density at radius 3 is 2.71 bits per heavy atom. The van der Waals surface area contributed by atoms with Crippen LogP contribution in [0.5, 0.6) is 5.75 Å². The first-order chi connectivity index (χ1) is 13.5. The lowest BCUT2D eigenvalue weighted by molar-refractivity contribution is 0.414. The summed E-state index contributed by atoms with van der Waals surface area (Å²) in [4.78, 5) is 18.8. The molecule has 3 rings (SSSR count). The van der Waals surface area contributed by atoms with E-state index >= 15 is 0 Å². The van der Waals surface area contributed by atoms with E-state index in [1.165, 1.54) is 0 Å². The van der Waals surface area contributed by atoms with Crippen LogP contribution in [-0.4, -0.2) is 30.9 Å². The number of hydrogen-bond acceptors (Lipinski definition) is 7. The van der Waals surface area contributed by atoms with Gasteiger partial charge in [-0.05, 0) is 45.0 Å². The topological polar surface area (TPSA) is 80.0 Å². The molecular formula is C21H24N4O3. The second kappa shape index (κ2) is 8.56. The molecule has 0 saturated heterocycles. The van der Waals surface area contributed by atoms with Gasteiger partial charge in [0.15, 0.2) is 0 Å². The molecule has 2 aromatic heterocycles. The van der Waals surface area contributed by atoms with E-state index in [0.717, 1.165) is 24.2 Å². The van der Waals surface area contributed by atoms with Gasteiger partial charge in [-0.1, -0.05) is 0 Å². The maximum atomic E-state index is 12.5. The fraction of sp³-hybridized carbons (Fsp3) is 0.286. The maximum absolute atomic E-state index is 12.5. The molecule has 0 radical (unpaired) electrons. The summed E-state index contributed by atoms with van der Waals surface area (Å²) in [5, 5.41) is 5.11. The summed E-state index contributed by atoms with van der Waals surface area (Å²) in [6.07, 6.45) is 1.61. The van der Waals surface area contributed by atoms with Crippen molar-refractivity contribution in [3.8, 4) is 5.75 Å². The number of ether oxygens (including phenoxy) is 1. The summed E-state index contributed by atoms with van der Waals surface area (Å²) >= 11 is 0. The lowest BCUT2D eigenvalue weighted by Gasteiger charge is -2.21. The third kappa shape index (κ3) is 4.14. The van der Waals surface area contributed by atoms with E-state index in [0.29, 0.717) is 28.4 Å². The summed E-state index contributed by atoms with van der Waals surface area (Å²) in [7, 11) is 1.58. The molecule has 0 fully saturated rings. The quantitative estimate of drug-likeness (QED) is 0.381. The minimum atomic E-state index is -0.425. The molecule has 0 atom stereocenters. The second-order valence-electron chi connectivity index (χ2n) is 6.23. The van der Waals surface area contributed by atoms with E-state index in [-0.39, 0.29) is 0 Å². The number of nitrogens with zero attached hydrogens (tertiary/aromatic N) is 3. The van der Waals surface area contributed by atoms with Gasteiger partial charge in [0.1, 0.15) is 17.2 Å². The normalized spacial score (nSPS) is 11.5. The molecule has 0 spiro atoms. The number of hydrazone groups is 1. The smallest absolute Gasteiger partial charge is 0.345 e. The number of rotatable bonds is 7. The van der Waals surface area contributed by atoms with Crippen LogP contribution in [0.2, 0.25) is 0 Å². The highest BCUT2D eigenvalue weighted by Gasteiger charge is 2.11. The van der Waals surface area contributed by atoms with Gasteiger partial charge in [0.25, 0.3) is 0 Å². The Balaban J connectivity index is 1.90. The number of methoxy groups -OCH3 is 1. The third-order valence-electron chi connectivity index (χ3n) is 4.54. The third-order valence-corrected chi connectivity index (χ3v) is 4.54. The molecule has 1 aromatic carbocycles. The molecular weight excluding hydrogens is 356 g/mol. The van der Waals surface area contributed by atoms with Gasteiger partial charge in [-0.15, -0.1) is 0 Å². The zero-order valence-electron chi connectivity index (χ0n) is 16.5. The van der Waals surface area contributed by atoms with Crippen LogP contribution in [0.4, 0.5) is 11.5 Å². The van der Waals surface area contributed by atoms with Gasteiger partial charge in [-0.3, -0.25) is 5.43 Å². The van der Waals surface area contributed by atoms with Gasteiger partial charge in [0.2, 0.25) is 0 Å². The zero-order valence-corrected chi connectivity index (χ0v) is 16.5. The van der Waals surface area contributed by atoms with E-state index < -0.39 is 5.63 Å². The molecule has 0 aliphatic carbocycles. The van der Waals surface area contributed by atoms with Gasteiger partial charge < -0.3 is 14.1 Å². The maximum Gasteiger partial charge on any atom is 0.345 e. The average molecular weight is 380 g/mol. The van der Waals surface area contributed by atoms with Gasteiger partial charge in [0, 0.05) is 42.5 Å². The van der Waals surface area contributed by atoms with Gasteiger partial charge >= 0.3 is 5.63 Å². The van der Waals surface area contributed by atoms with Crippen LogP contribution >= 0.6 is 0 Å². The standard InChI is InChI=1S/C21H24N4O3/c1-5-25(6-2)16-8-7-15-11-18(21(26)28-19(15)12-16)14(3)23-24-20-13-17(27-4)9-10-22-20/h7-13H,5-6H2,1-4H3,(H,22,24)/b23-14+. The van der Waals surface area contributed by atoms with Gasteiger partial charge in [0.05, 0.1) is 18.4 Å². The number of nitrogens with one attached hydrogen (secondary N) is 1. The van der Waals surface area contributed by atoms with Crippen molar-refractivity contribution in [2.24, 2.45) is 5.10 Å². The molecule has 0 aliphatic heterocycles. The number of pyridine rings is 1. The number of benzene rings is 1. The Hall–Kier alpha value is -3.35. The van der Waals surface area contributed by atoms with Gasteiger partial charge in [-0.2, -0.15) is 5.10 Å². The van der Waals surface area contributed by atoms with Crippen LogP contribution in [-0.2, 0) is 0 Å².